The monoisotopic (exact) mass is 429 g/mol. The maximum absolute atomic E-state index is 12.9. The number of carbonyl (C=O) groups is 3. The third-order valence-electron chi connectivity index (χ3n) is 4.86. The minimum Gasteiger partial charge on any atom is -0.448 e. The minimum absolute atomic E-state index is 0.0256. The van der Waals surface area contributed by atoms with Gasteiger partial charge in [-0.1, -0.05) is 24.3 Å². The van der Waals surface area contributed by atoms with Crippen molar-refractivity contribution in [3.63, 3.8) is 0 Å². The van der Waals surface area contributed by atoms with E-state index in [-0.39, 0.29) is 31.5 Å². The molecule has 3 rings (SSSR count). The lowest BCUT2D eigenvalue weighted by Crippen LogP contribution is -2.42. The Morgan fingerprint density at radius 1 is 1.03 bits per heavy atom. The first-order valence-corrected chi connectivity index (χ1v) is 9.89. The van der Waals surface area contributed by atoms with E-state index in [9.17, 15) is 18.8 Å². The lowest BCUT2D eigenvalue weighted by Gasteiger charge is -2.22. The number of benzene rings is 2. The van der Waals surface area contributed by atoms with Gasteiger partial charge in [-0.05, 0) is 48.2 Å². The fourth-order valence-electron chi connectivity index (χ4n) is 3.31. The van der Waals surface area contributed by atoms with Crippen LogP contribution in [0.3, 0.4) is 0 Å². The average molecular weight is 429 g/mol. The van der Waals surface area contributed by atoms with Crippen molar-refractivity contribution in [2.24, 2.45) is 5.73 Å². The van der Waals surface area contributed by atoms with Crippen LogP contribution < -0.4 is 11.1 Å². The first-order chi connectivity index (χ1) is 15.0. The summed E-state index contributed by atoms with van der Waals surface area (Å²) in [5.41, 5.74) is 7.24. The van der Waals surface area contributed by atoms with E-state index in [0.29, 0.717) is 30.6 Å². The molecule has 0 saturated carbocycles. The number of ether oxygens (including phenoxy) is 2. The topological polar surface area (TPSA) is 111 Å². The van der Waals surface area contributed by atoms with E-state index in [0.717, 1.165) is 5.56 Å². The van der Waals surface area contributed by atoms with Gasteiger partial charge >= 0.3 is 12.1 Å². The predicted octanol–water partition coefficient (Wildman–Crippen LogP) is 2.57. The fourth-order valence-corrected chi connectivity index (χ4v) is 3.31. The van der Waals surface area contributed by atoms with Crippen molar-refractivity contribution < 1.29 is 28.2 Å². The number of carbonyl (C=O) groups excluding carboxylic acids is 3. The molecule has 0 aliphatic carbocycles. The van der Waals surface area contributed by atoms with Crippen molar-refractivity contribution in [1.29, 1.82) is 0 Å². The molecule has 1 fully saturated rings. The fraction of sp³-hybridized carbons (Fsp3) is 0.318. The molecule has 1 atom stereocenters. The molecule has 2 aromatic rings. The summed E-state index contributed by atoms with van der Waals surface area (Å²) < 4.78 is 23.0. The van der Waals surface area contributed by atoms with Gasteiger partial charge in [0, 0.05) is 12.2 Å². The van der Waals surface area contributed by atoms with E-state index in [2.05, 4.69) is 5.32 Å². The quantitative estimate of drug-likeness (QED) is 0.517. The molecule has 1 saturated heterocycles. The molecule has 0 radical (unpaired) electrons. The van der Waals surface area contributed by atoms with Gasteiger partial charge in [0.1, 0.15) is 25.2 Å². The lowest BCUT2D eigenvalue weighted by molar-refractivity contribution is -0.148. The van der Waals surface area contributed by atoms with E-state index in [1.165, 1.54) is 17.0 Å². The van der Waals surface area contributed by atoms with E-state index in [1.807, 2.05) is 0 Å². The second-order valence-corrected chi connectivity index (χ2v) is 7.08. The summed E-state index contributed by atoms with van der Waals surface area (Å²) in [6.07, 6.45) is 0.739. The highest BCUT2D eigenvalue weighted by molar-refractivity contribution is 5.92. The highest BCUT2D eigenvalue weighted by atomic mass is 19.1. The van der Waals surface area contributed by atoms with E-state index in [4.69, 9.17) is 15.2 Å². The number of esters is 1. The van der Waals surface area contributed by atoms with Crippen molar-refractivity contribution in [2.75, 3.05) is 18.6 Å². The van der Waals surface area contributed by atoms with Crippen LogP contribution >= 0.6 is 0 Å². The number of nitrogens with one attached hydrogen (secondary N) is 1. The summed E-state index contributed by atoms with van der Waals surface area (Å²) in [5, 5.41) is 2.76. The van der Waals surface area contributed by atoms with E-state index in [1.54, 1.807) is 36.4 Å². The standard InChI is InChI=1S/C22H24FN3O5/c23-17-7-3-15(4-8-17)12-20(27)25-18-9-5-16(6-10-18)13-30-22(29)26-11-1-2-19(26)21(28)31-14-24/h3-10,19H,1-2,11-14,24H2,(H,25,27)/t19-/m0/s1. The van der Waals surface area contributed by atoms with Crippen LogP contribution in [0.1, 0.15) is 24.0 Å². The molecule has 0 unspecified atom stereocenters. The lowest BCUT2D eigenvalue weighted by atomic mass is 10.1. The summed E-state index contributed by atoms with van der Waals surface area (Å²) in [6, 6.07) is 11.9. The number of nitrogens with zero attached hydrogens (tertiary/aromatic N) is 1. The van der Waals surface area contributed by atoms with Crippen LogP contribution in [0.4, 0.5) is 14.9 Å². The summed E-state index contributed by atoms with van der Waals surface area (Å²) >= 11 is 0. The van der Waals surface area contributed by atoms with Crippen LogP contribution in [0.15, 0.2) is 48.5 Å². The van der Waals surface area contributed by atoms with Crippen molar-refractivity contribution in [3.05, 3.63) is 65.5 Å². The van der Waals surface area contributed by atoms with Gasteiger partial charge in [-0.3, -0.25) is 15.4 Å². The van der Waals surface area contributed by atoms with Crippen LogP contribution in [0, 0.1) is 5.82 Å². The molecule has 8 nitrogen and oxygen atoms in total. The van der Waals surface area contributed by atoms with Crippen LogP contribution in [-0.2, 0) is 32.1 Å². The third-order valence-corrected chi connectivity index (χ3v) is 4.86. The molecular weight excluding hydrogens is 405 g/mol. The van der Waals surface area contributed by atoms with Crippen LogP contribution in [0.2, 0.25) is 0 Å². The van der Waals surface area contributed by atoms with Crippen LogP contribution in [-0.4, -0.2) is 42.2 Å². The van der Waals surface area contributed by atoms with Crippen molar-refractivity contribution in [1.82, 2.24) is 4.90 Å². The number of rotatable bonds is 7. The summed E-state index contributed by atoms with van der Waals surface area (Å²) in [5.74, 6) is -1.11. The number of anilines is 1. The molecule has 164 valence electrons. The third kappa shape index (κ3) is 6.26. The Morgan fingerprint density at radius 3 is 2.39 bits per heavy atom. The first kappa shape index (κ1) is 22.2. The highest BCUT2D eigenvalue weighted by Crippen LogP contribution is 2.20. The average Bonchev–Trinajstić information content (AvgIpc) is 3.25. The number of nitrogens with two attached hydrogens (primary N) is 1. The Balaban J connectivity index is 1.47. The Labute approximate surface area is 179 Å². The molecule has 0 bridgehead atoms. The number of amides is 2. The van der Waals surface area contributed by atoms with Gasteiger partial charge in [-0.2, -0.15) is 0 Å². The molecule has 1 aliphatic rings. The second-order valence-electron chi connectivity index (χ2n) is 7.08. The van der Waals surface area contributed by atoms with Crippen LogP contribution in [0.5, 0.6) is 0 Å². The van der Waals surface area contributed by atoms with Crippen molar-refractivity contribution >= 4 is 23.7 Å². The minimum atomic E-state index is -0.672. The smallest absolute Gasteiger partial charge is 0.410 e. The molecule has 31 heavy (non-hydrogen) atoms. The zero-order chi connectivity index (χ0) is 22.2. The molecule has 2 aromatic carbocycles. The largest absolute Gasteiger partial charge is 0.448 e. The first-order valence-electron chi connectivity index (χ1n) is 9.89. The Kier molecular flexibility index (Phi) is 7.55. The van der Waals surface area contributed by atoms with Gasteiger partial charge in [-0.25, -0.2) is 14.0 Å². The zero-order valence-corrected chi connectivity index (χ0v) is 16.9. The van der Waals surface area contributed by atoms with Gasteiger partial charge in [0.2, 0.25) is 5.91 Å². The molecule has 0 spiro atoms. The number of hydrogen-bond acceptors (Lipinski definition) is 6. The Bertz CT molecular complexity index is 918. The normalized spacial score (nSPS) is 15.4. The van der Waals surface area contributed by atoms with Gasteiger partial charge in [0.15, 0.2) is 0 Å². The summed E-state index contributed by atoms with van der Waals surface area (Å²) in [7, 11) is 0. The molecule has 2 amide bonds. The molecule has 0 aromatic heterocycles. The predicted molar refractivity (Wildman–Crippen MR) is 110 cm³/mol. The van der Waals surface area contributed by atoms with Crippen LogP contribution in [0.25, 0.3) is 0 Å². The molecule has 9 heteroatoms. The number of likely N-dealkylation sites (tertiary alicyclic amines) is 1. The summed E-state index contributed by atoms with van der Waals surface area (Å²) in [6.45, 7) is 0.213. The van der Waals surface area contributed by atoms with Gasteiger partial charge in [-0.15, -0.1) is 0 Å². The number of halogens is 1. The number of hydrogen-bond donors (Lipinski definition) is 2. The Hall–Kier alpha value is -3.46. The highest BCUT2D eigenvalue weighted by Gasteiger charge is 2.36. The maximum Gasteiger partial charge on any atom is 0.410 e. The van der Waals surface area contributed by atoms with Crippen molar-refractivity contribution in [3.8, 4) is 0 Å². The Morgan fingerprint density at radius 2 is 1.71 bits per heavy atom. The molecule has 1 aliphatic heterocycles. The van der Waals surface area contributed by atoms with Crippen molar-refractivity contribution in [2.45, 2.75) is 31.9 Å². The zero-order valence-electron chi connectivity index (χ0n) is 16.9. The summed E-state index contributed by atoms with van der Waals surface area (Å²) in [4.78, 5) is 37.7. The second kappa shape index (κ2) is 10.5. The maximum atomic E-state index is 12.9. The van der Waals surface area contributed by atoms with Gasteiger partial charge < -0.3 is 14.8 Å². The molecule has 3 N–H and O–H groups in total. The van der Waals surface area contributed by atoms with E-state index >= 15 is 0 Å². The van der Waals surface area contributed by atoms with E-state index < -0.39 is 18.1 Å². The van der Waals surface area contributed by atoms with Gasteiger partial charge in [0.25, 0.3) is 0 Å². The van der Waals surface area contributed by atoms with Gasteiger partial charge in [0.05, 0.1) is 6.42 Å². The molecular formula is C22H24FN3O5. The SMILES string of the molecule is NCOC(=O)[C@@H]1CCCN1C(=O)OCc1ccc(NC(=O)Cc2ccc(F)cc2)cc1. The molecule has 1 heterocycles.